The van der Waals surface area contributed by atoms with Gasteiger partial charge in [0.2, 0.25) is 0 Å². The minimum absolute atomic E-state index is 0.0511. The van der Waals surface area contributed by atoms with Crippen LogP contribution in [0.1, 0.15) is 0 Å². The average molecular weight is 234 g/mol. The zero-order valence-corrected chi connectivity index (χ0v) is 9.49. The molecule has 0 aliphatic heterocycles. The summed E-state index contributed by atoms with van der Waals surface area (Å²) >= 11 is 0. The maximum absolute atomic E-state index is 11.9. The van der Waals surface area contributed by atoms with E-state index in [4.69, 9.17) is 0 Å². The molecule has 2 rings (SSSR count). The second-order valence-corrected chi connectivity index (χ2v) is 3.66. The molecule has 0 atom stereocenters. The highest BCUT2D eigenvalue weighted by atomic mass is 16.3. The van der Waals surface area contributed by atoms with Crippen LogP contribution in [0.4, 0.5) is 0 Å². The number of hydrogen-bond acceptors (Lipinski definition) is 3. The molecule has 6 heteroatoms. The fourth-order valence-corrected chi connectivity index (χ4v) is 1.59. The quantitative estimate of drug-likeness (QED) is 0.648. The van der Waals surface area contributed by atoms with Gasteiger partial charge in [0.1, 0.15) is 0 Å². The predicted octanol–water partition coefficient (Wildman–Crippen LogP) is -0.934. The summed E-state index contributed by atoms with van der Waals surface area (Å²) in [6.45, 7) is 0. The third-order valence-electron chi connectivity index (χ3n) is 2.58. The predicted molar refractivity (Wildman–Crippen MR) is 60.1 cm³/mol. The van der Waals surface area contributed by atoms with Crippen LogP contribution in [0.5, 0.6) is 5.88 Å². The molecule has 0 bridgehead atoms. The summed E-state index contributed by atoms with van der Waals surface area (Å²) in [4.78, 5) is 23.5. The Morgan fingerprint density at radius 2 is 1.65 bits per heavy atom. The number of aromatic hydroxyl groups is 1. The molecule has 0 aromatic carbocycles. The van der Waals surface area contributed by atoms with E-state index >= 15 is 0 Å². The number of rotatable bonds is 1. The molecule has 0 saturated carbocycles. The molecule has 2 aromatic rings. The van der Waals surface area contributed by atoms with Gasteiger partial charge in [0.05, 0.1) is 0 Å². The van der Waals surface area contributed by atoms with Gasteiger partial charge in [0.15, 0.2) is 12.4 Å². The molecule has 6 nitrogen and oxygen atoms in total. The zero-order chi connectivity index (χ0) is 12.6. The molecule has 0 spiro atoms. The van der Waals surface area contributed by atoms with Gasteiger partial charge in [-0.3, -0.25) is 13.9 Å². The third kappa shape index (κ3) is 1.63. The van der Waals surface area contributed by atoms with E-state index in [-0.39, 0.29) is 11.6 Å². The first kappa shape index (κ1) is 11.1. The normalized spacial score (nSPS) is 10.5. The first-order valence-corrected chi connectivity index (χ1v) is 4.99. The minimum Gasteiger partial charge on any atom is -0.489 e. The van der Waals surface area contributed by atoms with Crippen LogP contribution in [-0.2, 0) is 14.1 Å². The van der Waals surface area contributed by atoms with Crippen molar-refractivity contribution in [1.82, 2.24) is 9.13 Å². The van der Waals surface area contributed by atoms with E-state index in [1.54, 1.807) is 30.6 Å². The molecule has 0 unspecified atom stereocenters. The topological polar surface area (TPSA) is 68.1 Å². The molecular weight excluding hydrogens is 222 g/mol. The lowest BCUT2D eigenvalue weighted by molar-refractivity contribution is -0.598. The molecule has 88 valence electrons. The first-order valence-electron chi connectivity index (χ1n) is 4.99. The van der Waals surface area contributed by atoms with Gasteiger partial charge in [-0.1, -0.05) is 6.07 Å². The van der Waals surface area contributed by atoms with Crippen LogP contribution in [0, 0.1) is 0 Å². The summed E-state index contributed by atoms with van der Waals surface area (Å²) < 4.78 is 3.45. The van der Waals surface area contributed by atoms with Crippen LogP contribution in [0.25, 0.3) is 5.69 Å². The first-order chi connectivity index (χ1) is 8.04. The van der Waals surface area contributed by atoms with Gasteiger partial charge in [0.25, 0.3) is 5.88 Å². The van der Waals surface area contributed by atoms with Crippen LogP contribution in [0.2, 0.25) is 0 Å². The van der Waals surface area contributed by atoms with Gasteiger partial charge < -0.3 is 5.11 Å². The molecule has 2 aromatic heterocycles. The Morgan fingerprint density at radius 3 is 2.24 bits per heavy atom. The Labute approximate surface area is 96.6 Å². The second kappa shape index (κ2) is 3.89. The Balaban J connectivity index is 2.90. The molecular formula is C11H12N3O3+. The summed E-state index contributed by atoms with van der Waals surface area (Å²) in [5.74, 6) is -0.352. The number of pyridine rings is 1. The van der Waals surface area contributed by atoms with Crippen LogP contribution in [0.3, 0.4) is 0 Å². The van der Waals surface area contributed by atoms with E-state index in [9.17, 15) is 14.7 Å². The highest BCUT2D eigenvalue weighted by Gasteiger charge is 2.22. The van der Waals surface area contributed by atoms with Gasteiger partial charge in [-0.25, -0.2) is 4.79 Å². The van der Waals surface area contributed by atoms with E-state index in [1.165, 1.54) is 18.7 Å². The van der Waals surface area contributed by atoms with E-state index in [0.717, 1.165) is 9.13 Å². The highest BCUT2D eigenvalue weighted by molar-refractivity contribution is 5.30. The van der Waals surface area contributed by atoms with Crippen LogP contribution in [-0.4, -0.2) is 14.2 Å². The van der Waals surface area contributed by atoms with E-state index in [1.807, 2.05) is 0 Å². The fourth-order valence-electron chi connectivity index (χ4n) is 1.59. The molecule has 0 aliphatic rings. The summed E-state index contributed by atoms with van der Waals surface area (Å²) in [6.07, 6.45) is 3.25. The highest BCUT2D eigenvalue weighted by Crippen LogP contribution is 2.07. The number of hydrogen-bond donors (Lipinski definition) is 1. The molecule has 0 saturated heterocycles. The Bertz CT molecular complexity index is 671. The molecule has 0 aliphatic carbocycles. The maximum Gasteiger partial charge on any atom is 0.337 e. The molecule has 1 N–H and O–H groups in total. The van der Waals surface area contributed by atoms with Crippen molar-refractivity contribution >= 4 is 0 Å². The number of aromatic nitrogens is 3. The molecule has 0 fully saturated rings. The van der Waals surface area contributed by atoms with E-state index in [0.29, 0.717) is 0 Å². The van der Waals surface area contributed by atoms with Crippen molar-refractivity contribution in [2.75, 3.05) is 0 Å². The lowest BCUT2D eigenvalue weighted by Gasteiger charge is -2.05. The Hall–Kier alpha value is -2.37. The van der Waals surface area contributed by atoms with Crippen LogP contribution in [0.15, 0.2) is 40.2 Å². The lowest BCUT2D eigenvalue weighted by Crippen LogP contribution is -2.45. The van der Waals surface area contributed by atoms with Crippen LogP contribution >= 0.6 is 0 Å². The maximum atomic E-state index is 11.9. The molecule has 0 amide bonds. The van der Waals surface area contributed by atoms with Crippen molar-refractivity contribution in [2.45, 2.75) is 0 Å². The second-order valence-electron chi connectivity index (χ2n) is 3.66. The minimum atomic E-state index is -0.562. The molecule has 2 heterocycles. The smallest absolute Gasteiger partial charge is 0.337 e. The van der Waals surface area contributed by atoms with Crippen molar-refractivity contribution in [3.8, 4) is 11.6 Å². The summed E-state index contributed by atoms with van der Waals surface area (Å²) in [7, 11) is 2.78. The standard InChI is InChI=1S/C11H11N3O3/c1-12-9(15)8(10(16)13(2)11(12)17)14-6-4-3-5-7-14/h3-7H,1-2H3/p+1. The van der Waals surface area contributed by atoms with Gasteiger partial charge in [-0.15, -0.1) is 0 Å². The average Bonchev–Trinajstić information content (AvgIpc) is 2.36. The summed E-state index contributed by atoms with van der Waals surface area (Å²) in [5.41, 5.74) is -1.05. The van der Waals surface area contributed by atoms with Gasteiger partial charge in [-0.2, -0.15) is 4.57 Å². The van der Waals surface area contributed by atoms with Gasteiger partial charge in [0, 0.05) is 26.2 Å². The van der Waals surface area contributed by atoms with Crippen molar-refractivity contribution in [3.05, 3.63) is 51.4 Å². The monoisotopic (exact) mass is 234 g/mol. The van der Waals surface area contributed by atoms with Crippen molar-refractivity contribution < 1.29 is 9.67 Å². The molecule has 0 radical (unpaired) electrons. The zero-order valence-electron chi connectivity index (χ0n) is 9.49. The van der Waals surface area contributed by atoms with Crippen molar-refractivity contribution in [2.24, 2.45) is 14.1 Å². The summed E-state index contributed by atoms with van der Waals surface area (Å²) in [5, 5.41) is 9.87. The summed E-state index contributed by atoms with van der Waals surface area (Å²) in [6, 6.07) is 5.24. The van der Waals surface area contributed by atoms with Crippen molar-refractivity contribution in [1.29, 1.82) is 0 Å². The third-order valence-corrected chi connectivity index (χ3v) is 2.58. The Morgan fingerprint density at radius 1 is 1.06 bits per heavy atom. The van der Waals surface area contributed by atoms with Gasteiger partial charge in [-0.05, 0) is 0 Å². The van der Waals surface area contributed by atoms with E-state index in [2.05, 4.69) is 0 Å². The Kier molecular flexibility index (Phi) is 2.55. The van der Waals surface area contributed by atoms with Crippen LogP contribution < -0.4 is 15.8 Å². The van der Waals surface area contributed by atoms with E-state index < -0.39 is 11.2 Å². The van der Waals surface area contributed by atoms with Gasteiger partial charge >= 0.3 is 16.9 Å². The lowest BCUT2D eigenvalue weighted by atomic mass is 10.4. The largest absolute Gasteiger partial charge is 0.489 e. The number of nitrogens with zero attached hydrogens (tertiary/aromatic N) is 3. The van der Waals surface area contributed by atoms with Crippen molar-refractivity contribution in [3.63, 3.8) is 0 Å². The fraction of sp³-hybridized carbons (Fsp3) is 0.182. The molecule has 17 heavy (non-hydrogen) atoms. The SMILES string of the molecule is Cn1c(O)c(-[n+]2ccccc2)c(=O)n(C)c1=O.